The standard InChI is InChI=1S/C16H16N2O/c1-11(12-7-9-13(19-2)10-8-12)16-14-5-3-4-6-15(14)17-18-16/h3-9,13H,1,10H2,2H3,(H,17,18). The van der Waals surface area contributed by atoms with Crippen molar-refractivity contribution in [2.24, 2.45) is 0 Å². The van der Waals surface area contributed by atoms with Crippen molar-refractivity contribution in [3.8, 4) is 0 Å². The van der Waals surface area contributed by atoms with Gasteiger partial charge in [-0.25, -0.2) is 0 Å². The monoisotopic (exact) mass is 252 g/mol. The Morgan fingerprint density at radius 1 is 1.42 bits per heavy atom. The zero-order chi connectivity index (χ0) is 13.2. The second-order valence-electron chi connectivity index (χ2n) is 4.62. The van der Waals surface area contributed by atoms with Crippen LogP contribution >= 0.6 is 0 Å². The van der Waals surface area contributed by atoms with E-state index in [1.54, 1.807) is 7.11 Å². The van der Waals surface area contributed by atoms with Crippen molar-refractivity contribution in [2.75, 3.05) is 7.11 Å². The lowest BCUT2D eigenvalue weighted by Gasteiger charge is -2.15. The maximum Gasteiger partial charge on any atom is 0.0999 e. The number of aromatic amines is 1. The lowest BCUT2D eigenvalue weighted by molar-refractivity contribution is 0.142. The van der Waals surface area contributed by atoms with E-state index in [2.05, 4.69) is 41.1 Å². The first kappa shape index (κ1) is 11.9. The molecule has 1 aromatic heterocycles. The van der Waals surface area contributed by atoms with Gasteiger partial charge in [0.1, 0.15) is 0 Å². The minimum atomic E-state index is 0.174. The molecule has 19 heavy (non-hydrogen) atoms. The SMILES string of the molecule is C=C(C1=CCC(OC)C=C1)c1n[nH]c2ccccc12. The van der Waals surface area contributed by atoms with E-state index in [4.69, 9.17) is 4.74 Å². The summed E-state index contributed by atoms with van der Waals surface area (Å²) in [5, 5.41) is 8.53. The van der Waals surface area contributed by atoms with Crippen LogP contribution in [0.3, 0.4) is 0 Å². The molecule has 1 N–H and O–H groups in total. The van der Waals surface area contributed by atoms with Crippen LogP contribution in [0.4, 0.5) is 0 Å². The Labute approximate surface area is 112 Å². The molecular formula is C16H16N2O. The van der Waals surface area contributed by atoms with Gasteiger partial charge in [0.2, 0.25) is 0 Å². The summed E-state index contributed by atoms with van der Waals surface area (Å²) >= 11 is 0. The Morgan fingerprint density at radius 2 is 2.26 bits per heavy atom. The molecule has 1 heterocycles. The Morgan fingerprint density at radius 3 is 3.00 bits per heavy atom. The lowest BCUT2D eigenvalue weighted by atomic mass is 9.96. The Bertz CT molecular complexity index is 679. The Hall–Kier alpha value is -2.13. The summed E-state index contributed by atoms with van der Waals surface area (Å²) in [6.45, 7) is 4.18. The molecule has 0 amide bonds. The fourth-order valence-electron chi connectivity index (χ4n) is 2.33. The smallest absolute Gasteiger partial charge is 0.0999 e. The highest BCUT2D eigenvalue weighted by molar-refractivity contribution is 5.94. The number of para-hydroxylation sites is 1. The number of aromatic nitrogens is 2. The van der Waals surface area contributed by atoms with E-state index in [1.165, 1.54) is 0 Å². The van der Waals surface area contributed by atoms with Gasteiger partial charge in [0.25, 0.3) is 0 Å². The molecule has 96 valence electrons. The molecule has 0 radical (unpaired) electrons. The van der Waals surface area contributed by atoms with Crippen LogP contribution < -0.4 is 0 Å². The van der Waals surface area contributed by atoms with Crippen molar-refractivity contribution in [2.45, 2.75) is 12.5 Å². The highest BCUT2D eigenvalue weighted by Crippen LogP contribution is 2.29. The molecule has 1 atom stereocenters. The number of allylic oxidation sites excluding steroid dienone is 3. The first-order valence-electron chi connectivity index (χ1n) is 6.33. The van der Waals surface area contributed by atoms with Crippen LogP contribution in [-0.4, -0.2) is 23.4 Å². The first-order chi connectivity index (χ1) is 9.29. The van der Waals surface area contributed by atoms with Gasteiger partial charge in [-0.3, -0.25) is 5.10 Å². The molecule has 0 spiro atoms. The summed E-state index contributed by atoms with van der Waals surface area (Å²) in [5.41, 5.74) is 4.02. The molecule has 0 fully saturated rings. The number of H-pyrrole nitrogens is 1. The van der Waals surface area contributed by atoms with Crippen molar-refractivity contribution in [3.63, 3.8) is 0 Å². The number of nitrogens with one attached hydrogen (secondary N) is 1. The molecule has 1 unspecified atom stereocenters. The van der Waals surface area contributed by atoms with Crippen molar-refractivity contribution in [1.82, 2.24) is 10.2 Å². The molecule has 1 aromatic carbocycles. The van der Waals surface area contributed by atoms with Crippen LogP contribution in [0.2, 0.25) is 0 Å². The number of hydrogen-bond donors (Lipinski definition) is 1. The average Bonchev–Trinajstić information content (AvgIpc) is 2.90. The van der Waals surface area contributed by atoms with Gasteiger partial charge >= 0.3 is 0 Å². The van der Waals surface area contributed by atoms with Crippen molar-refractivity contribution >= 4 is 16.5 Å². The van der Waals surface area contributed by atoms with Gasteiger partial charge < -0.3 is 4.74 Å². The van der Waals surface area contributed by atoms with Gasteiger partial charge in [0, 0.05) is 18.1 Å². The van der Waals surface area contributed by atoms with Gasteiger partial charge in [-0.15, -0.1) is 0 Å². The maximum atomic E-state index is 5.30. The fourth-order valence-corrected chi connectivity index (χ4v) is 2.33. The van der Waals surface area contributed by atoms with E-state index in [-0.39, 0.29) is 6.10 Å². The van der Waals surface area contributed by atoms with Gasteiger partial charge in [-0.1, -0.05) is 43.0 Å². The molecule has 3 heteroatoms. The second kappa shape index (κ2) is 4.86. The molecule has 0 saturated heterocycles. The van der Waals surface area contributed by atoms with Crippen LogP contribution in [0.5, 0.6) is 0 Å². The van der Waals surface area contributed by atoms with Crippen LogP contribution in [-0.2, 0) is 4.74 Å². The third kappa shape index (κ3) is 2.13. The molecule has 1 aliphatic rings. The fraction of sp³-hybridized carbons (Fsp3) is 0.188. The molecule has 0 aliphatic heterocycles. The number of benzene rings is 1. The summed E-state index contributed by atoms with van der Waals surface area (Å²) < 4.78 is 5.30. The summed E-state index contributed by atoms with van der Waals surface area (Å²) in [7, 11) is 1.73. The number of rotatable bonds is 3. The Kier molecular flexibility index (Phi) is 3.05. The van der Waals surface area contributed by atoms with Crippen LogP contribution in [0, 0.1) is 0 Å². The van der Waals surface area contributed by atoms with Gasteiger partial charge in [-0.05, 0) is 18.1 Å². The molecule has 0 bridgehead atoms. The van der Waals surface area contributed by atoms with Crippen LogP contribution in [0.25, 0.3) is 16.5 Å². The highest BCUT2D eigenvalue weighted by atomic mass is 16.5. The van der Waals surface area contributed by atoms with Gasteiger partial charge in [0.05, 0.1) is 17.3 Å². The zero-order valence-electron chi connectivity index (χ0n) is 10.9. The zero-order valence-corrected chi connectivity index (χ0v) is 10.9. The number of ether oxygens (including phenoxy) is 1. The molecular weight excluding hydrogens is 236 g/mol. The van der Waals surface area contributed by atoms with E-state index in [0.29, 0.717) is 0 Å². The van der Waals surface area contributed by atoms with Crippen molar-refractivity contribution < 1.29 is 4.74 Å². The van der Waals surface area contributed by atoms with Gasteiger partial charge in [0.15, 0.2) is 0 Å². The lowest BCUT2D eigenvalue weighted by Crippen LogP contribution is -2.08. The second-order valence-corrected chi connectivity index (χ2v) is 4.62. The van der Waals surface area contributed by atoms with Gasteiger partial charge in [-0.2, -0.15) is 5.10 Å². The normalized spacial score (nSPS) is 18.6. The molecule has 2 aromatic rings. The summed E-state index contributed by atoms with van der Waals surface area (Å²) in [4.78, 5) is 0. The first-order valence-corrected chi connectivity index (χ1v) is 6.33. The summed E-state index contributed by atoms with van der Waals surface area (Å²) in [6.07, 6.45) is 7.33. The molecule has 3 nitrogen and oxygen atoms in total. The largest absolute Gasteiger partial charge is 0.377 e. The number of hydrogen-bond acceptors (Lipinski definition) is 2. The van der Waals surface area contributed by atoms with Crippen LogP contribution in [0.15, 0.2) is 54.6 Å². The molecule has 3 rings (SSSR count). The third-order valence-corrected chi connectivity index (χ3v) is 3.47. The van der Waals surface area contributed by atoms with E-state index in [9.17, 15) is 0 Å². The minimum absolute atomic E-state index is 0.174. The Balaban J connectivity index is 1.93. The number of fused-ring (bicyclic) bond motifs is 1. The van der Waals surface area contributed by atoms with E-state index in [1.807, 2.05) is 18.2 Å². The predicted octanol–water partition coefficient (Wildman–Crippen LogP) is 3.48. The summed E-state index contributed by atoms with van der Waals surface area (Å²) in [5.74, 6) is 0. The quantitative estimate of drug-likeness (QED) is 0.908. The summed E-state index contributed by atoms with van der Waals surface area (Å²) in [6, 6.07) is 8.09. The van der Waals surface area contributed by atoms with Crippen molar-refractivity contribution in [1.29, 1.82) is 0 Å². The van der Waals surface area contributed by atoms with E-state index in [0.717, 1.165) is 34.2 Å². The van der Waals surface area contributed by atoms with E-state index < -0.39 is 0 Å². The van der Waals surface area contributed by atoms with E-state index >= 15 is 0 Å². The number of nitrogens with zero attached hydrogens (tertiary/aromatic N) is 1. The average molecular weight is 252 g/mol. The predicted molar refractivity (Wildman–Crippen MR) is 77.8 cm³/mol. The van der Waals surface area contributed by atoms with Crippen molar-refractivity contribution in [3.05, 3.63) is 60.3 Å². The molecule has 0 saturated carbocycles. The minimum Gasteiger partial charge on any atom is -0.377 e. The topological polar surface area (TPSA) is 37.9 Å². The highest BCUT2D eigenvalue weighted by Gasteiger charge is 2.14. The molecule has 1 aliphatic carbocycles. The number of methoxy groups -OCH3 is 1. The maximum absolute atomic E-state index is 5.30. The van der Waals surface area contributed by atoms with Crippen LogP contribution in [0.1, 0.15) is 12.1 Å². The third-order valence-electron chi connectivity index (χ3n) is 3.47.